The van der Waals surface area contributed by atoms with Crippen LogP contribution in [0.1, 0.15) is 53.8 Å². The third kappa shape index (κ3) is 6.25. The van der Waals surface area contributed by atoms with Crippen LogP contribution in [0.4, 0.5) is 19.0 Å². The Bertz CT molecular complexity index is 1610. The van der Waals surface area contributed by atoms with E-state index in [9.17, 15) is 22.8 Å². The number of piperidine rings is 1. The standard InChI is InChI=1S/C30H32F3N7O3/c1-3-24(41)39-13-5-6-21(16-39)40-28-25(27(34)36-17-37-28)26(38-40)19-9-7-18(8-10-19)15-35-29(42)20-11-12-23(43-4-2)22(14-20)30(31,32)33/h3,7,9-12,14,17-18,21H,1,4-6,8,13,15-16H2,2H3,(H,35,42)(H2,34,36,37). The first-order valence-electron chi connectivity index (χ1n) is 14.0. The van der Waals surface area contributed by atoms with Gasteiger partial charge in [0, 0.05) is 25.2 Å². The van der Waals surface area contributed by atoms with Gasteiger partial charge in [-0.25, -0.2) is 14.6 Å². The van der Waals surface area contributed by atoms with Crippen molar-refractivity contribution in [1.29, 1.82) is 0 Å². The van der Waals surface area contributed by atoms with Gasteiger partial charge >= 0.3 is 6.18 Å². The number of hydrogen-bond donors (Lipinski definition) is 2. The van der Waals surface area contributed by atoms with Crippen molar-refractivity contribution in [3.63, 3.8) is 0 Å². The number of fused-ring (bicyclic) bond motifs is 1. The number of likely N-dealkylation sites (tertiary alicyclic amines) is 1. The van der Waals surface area contributed by atoms with Gasteiger partial charge in [0.2, 0.25) is 5.91 Å². The molecule has 43 heavy (non-hydrogen) atoms. The van der Waals surface area contributed by atoms with Gasteiger partial charge in [-0.05, 0) is 62.0 Å². The fourth-order valence-electron chi connectivity index (χ4n) is 5.43. The number of aromatic nitrogens is 4. The topological polar surface area (TPSA) is 128 Å². The minimum absolute atomic E-state index is 0.0731. The molecule has 0 radical (unpaired) electrons. The molecule has 0 spiro atoms. The number of ether oxygens (including phenoxy) is 1. The number of carbonyl (C=O) groups is 2. The number of allylic oxidation sites excluding steroid dienone is 3. The normalized spacial score (nSPS) is 18.8. The molecular weight excluding hydrogens is 563 g/mol. The van der Waals surface area contributed by atoms with E-state index in [1.807, 2.05) is 22.9 Å². The summed E-state index contributed by atoms with van der Waals surface area (Å²) in [4.78, 5) is 35.3. The highest BCUT2D eigenvalue weighted by atomic mass is 19.4. The minimum Gasteiger partial charge on any atom is -0.493 e. The van der Waals surface area contributed by atoms with Crippen molar-refractivity contribution in [2.24, 2.45) is 5.92 Å². The van der Waals surface area contributed by atoms with Crippen LogP contribution in [0.25, 0.3) is 16.6 Å². The molecule has 2 amide bonds. The van der Waals surface area contributed by atoms with E-state index >= 15 is 0 Å². The number of nitrogen functional groups attached to an aromatic ring is 1. The van der Waals surface area contributed by atoms with Crippen molar-refractivity contribution in [3.8, 4) is 5.75 Å². The third-order valence-electron chi connectivity index (χ3n) is 7.58. The number of benzene rings is 1. The molecule has 1 aliphatic carbocycles. The van der Waals surface area contributed by atoms with Crippen LogP contribution in [0.15, 0.2) is 55.4 Å². The molecule has 1 fully saturated rings. The van der Waals surface area contributed by atoms with Crippen LogP contribution in [0.2, 0.25) is 0 Å². The Morgan fingerprint density at radius 3 is 2.79 bits per heavy atom. The molecule has 1 aromatic carbocycles. The zero-order valence-electron chi connectivity index (χ0n) is 23.6. The van der Waals surface area contributed by atoms with E-state index in [0.717, 1.165) is 30.5 Å². The molecule has 3 heterocycles. The summed E-state index contributed by atoms with van der Waals surface area (Å²) in [6.45, 7) is 6.60. The minimum atomic E-state index is -4.65. The fraction of sp³-hybridized carbons (Fsp3) is 0.367. The Kier molecular flexibility index (Phi) is 8.51. The molecule has 2 atom stereocenters. The molecule has 0 bridgehead atoms. The molecule has 226 valence electrons. The fourth-order valence-corrected chi connectivity index (χ4v) is 5.43. The van der Waals surface area contributed by atoms with Gasteiger partial charge in [0.05, 0.1) is 23.6 Å². The second-order valence-corrected chi connectivity index (χ2v) is 10.4. The number of alkyl halides is 3. The maximum Gasteiger partial charge on any atom is 0.419 e. The van der Waals surface area contributed by atoms with E-state index in [2.05, 4.69) is 21.9 Å². The summed E-state index contributed by atoms with van der Waals surface area (Å²) in [7, 11) is 0. The maximum atomic E-state index is 13.5. The highest BCUT2D eigenvalue weighted by Gasteiger charge is 2.35. The lowest BCUT2D eigenvalue weighted by atomic mass is 9.94. The molecule has 1 saturated heterocycles. The summed E-state index contributed by atoms with van der Waals surface area (Å²) < 4.78 is 47.4. The number of amides is 2. The Labute approximate surface area is 246 Å². The van der Waals surface area contributed by atoms with E-state index in [-0.39, 0.29) is 42.3 Å². The van der Waals surface area contributed by atoms with Gasteiger partial charge < -0.3 is 20.7 Å². The van der Waals surface area contributed by atoms with Gasteiger partial charge in [0.1, 0.15) is 23.6 Å². The molecular formula is C30H32F3N7O3. The first-order chi connectivity index (χ1) is 20.6. The van der Waals surface area contributed by atoms with Gasteiger partial charge in [0.15, 0.2) is 5.65 Å². The zero-order valence-corrected chi connectivity index (χ0v) is 23.6. The van der Waals surface area contributed by atoms with Crippen LogP contribution < -0.4 is 15.8 Å². The Balaban J connectivity index is 1.30. The van der Waals surface area contributed by atoms with Crippen molar-refractivity contribution in [2.75, 3.05) is 32.0 Å². The molecule has 5 rings (SSSR count). The monoisotopic (exact) mass is 595 g/mol. The maximum absolute atomic E-state index is 13.5. The summed E-state index contributed by atoms with van der Waals surface area (Å²) >= 11 is 0. The zero-order chi connectivity index (χ0) is 30.7. The Morgan fingerprint density at radius 1 is 1.28 bits per heavy atom. The summed E-state index contributed by atoms with van der Waals surface area (Å²) in [6, 6.07) is 3.19. The van der Waals surface area contributed by atoms with Gasteiger partial charge in [-0.2, -0.15) is 18.3 Å². The molecule has 2 aromatic heterocycles. The average molecular weight is 596 g/mol. The largest absolute Gasteiger partial charge is 0.493 e. The summed E-state index contributed by atoms with van der Waals surface area (Å²) in [5.41, 5.74) is 7.19. The summed E-state index contributed by atoms with van der Waals surface area (Å²) in [5.74, 6) is -0.848. The SMILES string of the molecule is C=CC(=O)N1CCCC(n2nc(C3=CCC(CNC(=O)c4ccc(OCC)c(C(F)(F)F)c4)C=C3)c3c(N)ncnc32)C1. The highest BCUT2D eigenvalue weighted by molar-refractivity contribution is 5.98. The van der Waals surface area contributed by atoms with Crippen LogP contribution in [0, 0.1) is 5.92 Å². The van der Waals surface area contributed by atoms with Crippen molar-refractivity contribution >= 4 is 34.2 Å². The van der Waals surface area contributed by atoms with Gasteiger partial charge in [-0.15, -0.1) is 0 Å². The quantitative estimate of drug-likeness (QED) is 0.365. The van der Waals surface area contributed by atoms with E-state index in [4.69, 9.17) is 15.6 Å². The molecule has 13 heteroatoms. The first kappa shape index (κ1) is 29.8. The lowest BCUT2D eigenvalue weighted by Crippen LogP contribution is -2.40. The average Bonchev–Trinajstić information content (AvgIpc) is 3.40. The van der Waals surface area contributed by atoms with E-state index < -0.39 is 17.6 Å². The number of hydrogen-bond acceptors (Lipinski definition) is 7. The lowest BCUT2D eigenvalue weighted by molar-refractivity contribution is -0.139. The predicted octanol–water partition coefficient (Wildman–Crippen LogP) is 4.57. The number of carbonyl (C=O) groups excluding carboxylic acids is 2. The second kappa shape index (κ2) is 12.3. The summed E-state index contributed by atoms with van der Waals surface area (Å²) in [6.07, 6.45) is 6.00. The second-order valence-electron chi connectivity index (χ2n) is 10.4. The number of halogens is 3. The van der Waals surface area contributed by atoms with Crippen molar-refractivity contribution in [2.45, 2.75) is 38.4 Å². The van der Waals surface area contributed by atoms with Crippen LogP contribution >= 0.6 is 0 Å². The number of rotatable bonds is 8. The first-order valence-corrected chi connectivity index (χ1v) is 14.0. The van der Waals surface area contributed by atoms with Crippen molar-refractivity contribution < 1.29 is 27.5 Å². The molecule has 2 aliphatic rings. The smallest absolute Gasteiger partial charge is 0.419 e. The molecule has 3 N–H and O–H groups in total. The van der Waals surface area contributed by atoms with Crippen LogP contribution in [-0.2, 0) is 11.0 Å². The molecule has 2 unspecified atom stereocenters. The van der Waals surface area contributed by atoms with Crippen LogP contribution in [-0.4, -0.2) is 62.7 Å². The van der Waals surface area contributed by atoms with Crippen LogP contribution in [0.3, 0.4) is 0 Å². The van der Waals surface area contributed by atoms with Gasteiger partial charge in [-0.1, -0.05) is 24.8 Å². The van der Waals surface area contributed by atoms with E-state index in [0.29, 0.717) is 42.1 Å². The third-order valence-corrected chi connectivity index (χ3v) is 7.58. The lowest BCUT2D eigenvalue weighted by Gasteiger charge is -2.32. The Hall–Kier alpha value is -4.68. The molecule has 0 saturated carbocycles. The molecule has 3 aromatic rings. The Morgan fingerprint density at radius 2 is 2.09 bits per heavy atom. The van der Waals surface area contributed by atoms with Gasteiger partial charge in [0.25, 0.3) is 5.91 Å². The predicted molar refractivity (Wildman–Crippen MR) is 155 cm³/mol. The number of nitrogens with two attached hydrogens (primary N) is 1. The van der Waals surface area contributed by atoms with Gasteiger partial charge in [-0.3, -0.25) is 9.59 Å². The highest BCUT2D eigenvalue weighted by Crippen LogP contribution is 2.37. The van der Waals surface area contributed by atoms with E-state index in [1.165, 1.54) is 18.5 Å². The number of anilines is 1. The molecule has 10 nitrogen and oxygen atoms in total. The number of nitrogens with zero attached hydrogens (tertiary/aromatic N) is 5. The summed E-state index contributed by atoms with van der Waals surface area (Å²) in [5, 5.41) is 8.23. The van der Waals surface area contributed by atoms with Crippen molar-refractivity contribution in [1.82, 2.24) is 30.0 Å². The van der Waals surface area contributed by atoms with Crippen LogP contribution in [0.5, 0.6) is 5.75 Å². The van der Waals surface area contributed by atoms with E-state index in [1.54, 1.807) is 11.8 Å². The number of nitrogens with one attached hydrogen (secondary N) is 1. The molecule has 1 aliphatic heterocycles. The van der Waals surface area contributed by atoms with Crippen molar-refractivity contribution in [3.05, 3.63) is 72.2 Å².